The zero-order valence-corrected chi connectivity index (χ0v) is 11.9. The molecule has 4 heteroatoms. The highest BCUT2D eigenvalue weighted by molar-refractivity contribution is 7.17. The van der Waals surface area contributed by atoms with Crippen molar-refractivity contribution in [1.82, 2.24) is 0 Å². The number of carbonyl (C=O) groups is 1. The Labute approximate surface area is 126 Å². The lowest BCUT2D eigenvalue weighted by molar-refractivity contribution is 0.102. The summed E-state index contributed by atoms with van der Waals surface area (Å²) in [5, 5.41) is 12.8. The predicted octanol–water partition coefficient (Wildman–Crippen LogP) is 4.37. The molecule has 1 amide bonds. The first kappa shape index (κ1) is 13.4. The van der Waals surface area contributed by atoms with Gasteiger partial charge in [-0.25, -0.2) is 0 Å². The third kappa shape index (κ3) is 2.95. The minimum absolute atomic E-state index is 0.00674. The zero-order chi connectivity index (χ0) is 14.7. The number of aromatic hydroxyl groups is 1. The lowest BCUT2D eigenvalue weighted by Crippen LogP contribution is -2.09. The van der Waals surface area contributed by atoms with Crippen LogP contribution >= 0.6 is 11.3 Å². The van der Waals surface area contributed by atoms with Crippen molar-refractivity contribution in [2.24, 2.45) is 0 Å². The van der Waals surface area contributed by atoms with Crippen LogP contribution in [0.2, 0.25) is 0 Å². The van der Waals surface area contributed by atoms with Gasteiger partial charge in [0.1, 0.15) is 10.6 Å². The minimum atomic E-state index is -0.300. The summed E-state index contributed by atoms with van der Waals surface area (Å²) in [6.45, 7) is 0. The first-order chi connectivity index (χ1) is 10.2. The Morgan fingerprint density at radius 3 is 2.24 bits per heavy atom. The molecular weight excluding hydrogens is 282 g/mol. The molecular formula is C17H13NO2S. The highest BCUT2D eigenvalue weighted by Crippen LogP contribution is 2.35. The zero-order valence-electron chi connectivity index (χ0n) is 11.1. The summed E-state index contributed by atoms with van der Waals surface area (Å²) in [4.78, 5) is 13.4. The van der Waals surface area contributed by atoms with Gasteiger partial charge in [-0.15, -0.1) is 11.3 Å². The van der Waals surface area contributed by atoms with Crippen LogP contribution in [0.15, 0.2) is 66.7 Å². The fourth-order valence-corrected chi connectivity index (χ4v) is 2.95. The molecule has 0 bridgehead atoms. The number of benzene rings is 2. The summed E-state index contributed by atoms with van der Waals surface area (Å²) in [5.74, 6) is -0.293. The van der Waals surface area contributed by atoms with Crippen molar-refractivity contribution in [1.29, 1.82) is 0 Å². The van der Waals surface area contributed by atoms with Gasteiger partial charge < -0.3 is 10.4 Å². The number of hydrogen-bond acceptors (Lipinski definition) is 3. The van der Waals surface area contributed by atoms with Crippen molar-refractivity contribution in [2.45, 2.75) is 0 Å². The van der Waals surface area contributed by atoms with E-state index < -0.39 is 0 Å². The summed E-state index contributed by atoms with van der Waals surface area (Å²) in [6.07, 6.45) is 0. The van der Waals surface area contributed by atoms with E-state index in [0.29, 0.717) is 10.6 Å². The van der Waals surface area contributed by atoms with Gasteiger partial charge in [-0.3, -0.25) is 4.79 Å². The van der Waals surface area contributed by atoms with E-state index in [-0.39, 0.29) is 11.7 Å². The van der Waals surface area contributed by atoms with E-state index in [2.05, 4.69) is 5.32 Å². The summed E-state index contributed by atoms with van der Waals surface area (Å²) in [6, 6.07) is 20.5. The molecule has 0 unspecified atom stereocenters. The largest absolute Gasteiger partial charge is 0.506 e. The molecule has 0 atom stereocenters. The highest BCUT2D eigenvalue weighted by atomic mass is 32.1. The lowest BCUT2D eigenvalue weighted by atomic mass is 10.2. The molecule has 1 aromatic heterocycles. The maximum atomic E-state index is 12.2. The first-order valence-corrected chi connectivity index (χ1v) is 7.30. The average Bonchev–Trinajstić information content (AvgIpc) is 2.91. The second kappa shape index (κ2) is 5.81. The average molecular weight is 295 g/mol. The van der Waals surface area contributed by atoms with E-state index in [1.54, 1.807) is 18.2 Å². The van der Waals surface area contributed by atoms with Gasteiger partial charge in [-0.05, 0) is 23.8 Å². The number of amides is 1. The maximum Gasteiger partial charge on any atom is 0.269 e. The van der Waals surface area contributed by atoms with Gasteiger partial charge in [0.15, 0.2) is 0 Å². The maximum absolute atomic E-state index is 12.2. The molecule has 0 saturated heterocycles. The van der Waals surface area contributed by atoms with Gasteiger partial charge in [-0.2, -0.15) is 0 Å². The molecule has 2 N–H and O–H groups in total. The molecule has 3 aromatic rings. The number of nitrogens with one attached hydrogen (secondary N) is 1. The number of anilines is 1. The van der Waals surface area contributed by atoms with Crippen LogP contribution < -0.4 is 5.32 Å². The van der Waals surface area contributed by atoms with E-state index in [1.165, 1.54) is 11.3 Å². The van der Waals surface area contributed by atoms with Gasteiger partial charge in [0, 0.05) is 10.6 Å². The van der Waals surface area contributed by atoms with Crippen molar-refractivity contribution < 1.29 is 9.90 Å². The molecule has 0 aliphatic heterocycles. The number of carbonyl (C=O) groups excluding carboxylic acids is 1. The summed E-state index contributed by atoms with van der Waals surface area (Å²) in [5.41, 5.74) is 1.69. The number of hydrogen-bond donors (Lipinski definition) is 2. The van der Waals surface area contributed by atoms with Crippen LogP contribution in [0.3, 0.4) is 0 Å². The van der Waals surface area contributed by atoms with Gasteiger partial charge in [0.25, 0.3) is 5.91 Å². The molecule has 0 aliphatic rings. The molecule has 104 valence electrons. The van der Waals surface area contributed by atoms with Gasteiger partial charge in [0.2, 0.25) is 0 Å². The first-order valence-electron chi connectivity index (χ1n) is 6.48. The second-order valence-electron chi connectivity index (χ2n) is 4.51. The predicted molar refractivity (Wildman–Crippen MR) is 85.8 cm³/mol. The highest BCUT2D eigenvalue weighted by Gasteiger charge is 2.16. The standard InChI is InChI=1S/C17H13NO2S/c19-14-11-15(12-7-3-1-4-8-12)21-16(14)17(20)18-13-9-5-2-6-10-13/h1-11,19H,(H,18,20). The van der Waals surface area contributed by atoms with Crippen LogP contribution in [-0.2, 0) is 0 Å². The second-order valence-corrected chi connectivity index (χ2v) is 5.56. The van der Waals surface area contributed by atoms with Gasteiger partial charge >= 0.3 is 0 Å². The quantitative estimate of drug-likeness (QED) is 0.753. The topological polar surface area (TPSA) is 49.3 Å². The monoisotopic (exact) mass is 295 g/mol. The molecule has 0 radical (unpaired) electrons. The normalized spacial score (nSPS) is 10.3. The summed E-state index contributed by atoms with van der Waals surface area (Å²) in [7, 11) is 0. The Bertz CT molecular complexity index is 751. The molecule has 1 heterocycles. The Morgan fingerprint density at radius 1 is 0.952 bits per heavy atom. The van der Waals surface area contributed by atoms with Crippen molar-refractivity contribution >= 4 is 22.9 Å². The Balaban J connectivity index is 1.86. The molecule has 3 nitrogen and oxygen atoms in total. The Kier molecular flexibility index (Phi) is 3.71. The Hall–Kier alpha value is -2.59. The minimum Gasteiger partial charge on any atom is -0.506 e. The lowest BCUT2D eigenvalue weighted by Gasteiger charge is -2.03. The van der Waals surface area contributed by atoms with Crippen LogP contribution in [0.1, 0.15) is 9.67 Å². The molecule has 0 aliphatic carbocycles. The van der Waals surface area contributed by atoms with E-state index in [0.717, 1.165) is 10.4 Å². The van der Waals surface area contributed by atoms with Crippen molar-refractivity contribution in [3.05, 3.63) is 71.6 Å². The molecule has 21 heavy (non-hydrogen) atoms. The molecule has 0 fully saturated rings. The Morgan fingerprint density at radius 2 is 1.57 bits per heavy atom. The van der Waals surface area contributed by atoms with Gasteiger partial charge in [-0.1, -0.05) is 48.5 Å². The molecule has 3 rings (SSSR count). The fourth-order valence-electron chi connectivity index (χ4n) is 2.00. The van der Waals surface area contributed by atoms with Gasteiger partial charge in [0.05, 0.1) is 0 Å². The summed E-state index contributed by atoms with van der Waals surface area (Å²) < 4.78 is 0. The van der Waals surface area contributed by atoms with Crippen molar-refractivity contribution in [3.63, 3.8) is 0 Å². The van der Waals surface area contributed by atoms with Crippen molar-refractivity contribution in [2.75, 3.05) is 5.32 Å². The molecule has 2 aromatic carbocycles. The van der Waals surface area contributed by atoms with Crippen LogP contribution in [-0.4, -0.2) is 11.0 Å². The summed E-state index contributed by atoms with van der Waals surface area (Å²) >= 11 is 1.28. The SMILES string of the molecule is O=C(Nc1ccccc1)c1sc(-c2ccccc2)cc1O. The smallest absolute Gasteiger partial charge is 0.269 e. The van der Waals surface area contributed by atoms with E-state index in [9.17, 15) is 9.90 Å². The number of thiophene rings is 1. The third-order valence-electron chi connectivity index (χ3n) is 3.01. The fraction of sp³-hybridized carbons (Fsp3) is 0. The van der Waals surface area contributed by atoms with E-state index >= 15 is 0 Å². The van der Waals surface area contributed by atoms with Crippen LogP contribution in [0.4, 0.5) is 5.69 Å². The van der Waals surface area contributed by atoms with Crippen molar-refractivity contribution in [3.8, 4) is 16.2 Å². The van der Waals surface area contributed by atoms with Crippen LogP contribution in [0, 0.1) is 0 Å². The van der Waals surface area contributed by atoms with E-state index in [1.807, 2.05) is 48.5 Å². The third-order valence-corrected chi connectivity index (χ3v) is 4.18. The van der Waals surface area contributed by atoms with E-state index in [4.69, 9.17) is 0 Å². The van der Waals surface area contributed by atoms with Crippen LogP contribution in [0.5, 0.6) is 5.75 Å². The van der Waals surface area contributed by atoms with Crippen LogP contribution in [0.25, 0.3) is 10.4 Å². The molecule has 0 saturated carbocycles. The number of rotatable bonds is 3. The number of para-hydroxylation sites is 1. The molecule has 0 spiro atoms.